The quantitative estimate of drug-likeness (QED) is 0.751. The van der Waals surface area contributed by atoms with Crippen molar-refractivity contribution in [1.29, 1.82) is 0 Å². The molecule has 1 amide bonds. The van der Waals surface area contributed by atoms with Crippen molar-refractivity contribution in [2.24, 2.45) is 0 Å². The third-order valence-electron chi connectivity index (χ3n) is 2.73. The maximum Gasteiger partial charge on any atom is 0.259 e. The number of ether oxygens (including phenoxy) is 1. The second-order valence-electron chi connectivity index (χ2n) is 4.04. The Morgan fingerprint density at radius 1 is 1.35 bits per heavy atom. The SMILES string of the molecule is COc1cccc(C(=O)Nc2ccc(F)cc2N)c1O. The number of hydrogen-bond donors (Lipinski definition) is 3. The van der Waals surface area contributed by atoms with E-state index in [-0.39, 0.29) is 28.4 Å². The predicted molar refractivity (Wildman–Crippen MR) is 73.4 cm³/mol. The number of carbonyl (C=O) groups excluding carboxylic acids is 1. The highest BCUT2D eigenvalue weighted by molar-refractivity contribution is 6.07. The van der Waals surface area contributed by atoms with Crippen molar-refractivity contribution < 1.29 is 19.0 Å². The van der Waals surface area contributed by atoms with Crippen LogP contribution >= 0.6 is 0 Å². The maximum atomic E-state index is 12.9. The number of phenolic OH excluding ortho intramolecular Hbond substituents is 1. The molecule has 0 aliphatic heterocycles. The molecule has 0 saturated heterocycles. The van der Waals surface area contributed by atoms with Gasteiger partial charge in [-0.2, -0.15) is 0 Å². The zero-order valence-electron chi connectivity index (χ0n) is 10.7. The number of nitrogens with one attached hydrogen (secondary N) is 1. The van der Waals surface area contributed by atoms with Crippen LogP contribution in [0.25, 0.3) is 0 Å². The van der Waals surface area contributed by atoms with Gasteiger partial charge in [-0.05, 0) is 30.3 Å². The highest BCUT2D eigenvalue weighted by Gasteiger charge is 2.15. The zero-order chi connectivity index (χ0) is 14.7. The fraction of sp³-hybridized carbons (Fsp3) is 0.0714. The Labute approximate surface area is 114 Å². The van der Waals surface area contributed by atoms with E-state index in [0.29, 0.717) is 0 Å². The van der Waals surface area contributed by atoms with Crippen LogP contribution in [0.3, 0.4) is 0 Å². The van der Waals surface area contributed by atoms with E-state index >= 15 is 0 Å². The van der Waals surface area contributed by atoms with Crippen LogP contribution in [-0.2, 0) is 0 Å². The molecule has 2 rings (SSSR count). The van der Waals surface area contributed by atoms with E-state index in [2.05, 4.69) is 5.32 Å². The minimum atomic E-state index is -0.570. The summed E-state index contributed by atoms with van der Waals surface area (Å²) in [5.41, 5.74) is 6.00. The average Bonchev–Trinajstić information content (AvgIpc) is 2.42. The number of benzene rings is 2. The van der Waals surface area contributed by atoms with Crippen LogP contribution in [-0.4, -0.2) is 18.1 Å². The average molecular weight is 276 g/mol. The largest absolute Gasteiger partial charge is 0.504 e. The standard InChI is InChI=1S/C14H13FN2O3/c1-20-12-4-2-3-9(13(12)18)14(19)17-11-6-5-8(15)7-10(11)16/h2-7,18H,16H2,1H3,(H,17,19). The fourth-order valence-electron chi connectivity index (χ4n) is 1.71. The number of aromatic hydroxyl groups is 1. The van der Waals surface area contributed by atoms with Crippen molar-refractivity contribution >= 4 is 17.3 Å². The third kappa shape index (κ3) is 2.64. The molecule has 0 spiro atoms. The van der Waals surface area contributed by atoms with Gasteiger partial charge >= 0.3 is 0 Å². The molecule has 0 atom stereocenters. The lowest BCUT2D eigenvalue weighted by Crippen LogP contribution is -2.13. The summed E-state index contributed by atoms with van der Waals surface area (Å²) in [5.74, 6) is -1.15. The summed E-state index contributed by atoms with van der Waals surface area (Å²) in [6.07, 6.45) is 0. The summed E-state index contributed by atoms with van der Waals surface area (Å²) >= 11 is 0. The van der Waals surface area contributed by atoms with Gasteiger partial charge in [-0.15, -0.1) is 0 Å². The molecule has 0 fully saturated rings. The van der Waals surface area contributed by atoms with Gasteiger partial charge in [-0.1, -0.05) is 6.07 Å². The summed E-state index contributed by atoms with van der Waals surface area (Å²) in [6.45, 7) is 0. The molecule has 5 nitrogen and oxygen atoms in total. The molecular formula is C14H13FN2O3. The van der Waals surface area contributed by atoms with Crippen LogP contribution in [0.5, 0.6) is 11.5 Å². The van der Waals surface area contributed by atoms with Crippen LogP contribution < -0.4 is 15.8 Å². The molecule has 0 radical (unpaired) electrons. The topological polar surface area (TPSA) is 84.6 Å². The van der Waals surface area contributed by atoms with Crippen molar-refractivity contribution in [2.45, 2.75) is 0 Å². The lowest BCUT2D eigenvalue weighted by molar-refractivity contribution is 0.102. The molecule has 104 valence electrons. The van der Waals surface area contributed by atoms with Gasteiger partial charge in [-0.3, -0.25) is 4.79 Å². The molecule has 4 N–H and O–H groups in total. The van der Waals surface area contributed by atoms with Gasteiger partial charge in [-0.25, -0.2) is 4.39 Å². The molecule has 0 bridgehead atoms. The van der Waals surface area contributed by atoms with Gasteiger partial charge in [0.2, 0.25) is 0 Å². The fourth-order valence-corrected chi connectivity index (χ4v) is 1.71. The van der Waals surface area contributed by atoms with E-state index in [1.807, 2.05) is 0 Å². The highest BCUT2D eigenvalue weighted by atomic mass is 19.1. The molecular weight excluding hydrogens is 263 g/mol. The molecule has 2 aromatic carbocycles. The Morgan fingerprint density at radius 3 is 2.75 bits per heavy atom. The van der Waals surface area contributed by atoms with Crippen LogP contribution in [0.1, 0.15) is 10.4 Å². The number of nitrogens with two attached hydrogens (primary N) is 1. The van der Waals surface area contributed by atoms with Crippen LogP contribution in [0.4, 0.5) is 15.8 Å². The Balaban J connectivity index is 2.28. The second-order valence-corrected chi connectivity index (χ2v) is 4.04. The number of halogens is 1. The number of carbonyl (C=O) groups is 1. The molecule has 0 saturated carbocycles. The molecule has 6 heteroatoms. The molecule has 2 aromatic rings. The number of methoxy groups -OCH3 is 1. The van der Waals surface area contributed by atoms with Gasteiger partial charge in [0, 0.05) is 0 Å². The summed E-state index contributed by atoms with van der Waals surface area (Å²) in [4.78, 5) is 12.1. The van der Waals surface area contributed by atoms with Crippen LogP contribution in [0.15, 0.2) is 36.4 Å². The molecule has 0 unspecified atom stereocenters. The summed E-state index contributed by atoms with van der Waals surface area (Å²) in [6, 6.07) is 8.16. The summed E-state index contributed by atoms with van der Waals surface area (Å²) < 4.78 is 17.8. The van der Waals surface area contributed by atoms with Gasteiger partial charge < -0.3 is 20.9 Å². The first-order valence-electron chi connectivity index (χ1n) is 5.75. The van der Waals surface area contributed by atoms with E-state index in [0.717, 1.165) is 6.07 Å². The monoisotopic (exact) mass is 276 g/mol. The minimum absolute atomic E-state index is 0.0353. The molecule has 0 aliphatic carbocycles. The lowest BCUT2D eigenvalue weighted by Gasteiger charge is -2.11. The summed E-state index contributed by atoms with van der Waals surface area (Å²) in [7, 11) is 1.38. The Hall–Kier alpha value is -2.76. The number of rotatable bonds is 3. The van der Waals surface area contributed by atoms with Crippen molar-refractivity contribution in [3.63, 3.8) is 0 Å². The van der Waals surface area contributed by atoms with Gasteiger partial charge in [0.05, 0.1) is 24.0 Å². The van der Waals surface area contributed by atoms with Gasteiger partial charge in [0.1, 0.15) is 5.82 Å². The number of nitrogen functional groups attached to an aromatic ring is 1. The van der Waals surface area contributed by atoms with Crippen molar-refractivity contribution in [3.8, 4) is 11.5 Å². The van der Waals surface area contributed by atoms with E-state index < -0.39 is 11.7 Å². The molecule has 0 heterocycles. The van der Waals surface area contributed by atoms with Crippen molar-refractivity contribution in [1.82, 2.24) is 0 Å². The highest BCUT2D eigenvalue weighted by Crippen LogP contribution is 2.30. The van der Waals surface area contributed by atoms with Crippen LogP contribution in [0.2, 0.25) is 0 Å². The normalized spacial score (nSPS) is 10.1. The van der Waals surface area contributed by atoms with Crippen LogP contribution in [0, 0.1) is 5.82 Å². The number of hydrogen-bond acceptors (Lipinski definition) is 4. The Bertz CT molecular complexity index is 659. The predicted octanol–water partition coefficient (Wildman–Crippen LogP) is 2.37. The summed E-state index contributed by atoms with van der Waals surface area (Å²) in [5, 5.41) is 12.4. The van der Waals surface area contributed by atoms with E-state index in [1.54, 1.807) is 6.07 Å². The number of para-hydroxylation sites is 1. The second kappa shape index (κ2) is 5.48. The first kappa shape index (κ1) is 13.7. The van der Waals surface area contributed by atoms with Gasteiger partial charge in [0.25, 0.3) is 5.91 Å². The van der Waals surface area contributed by atoms with E-state index in [4.69, 9.17) is 10.5 Å². The number of anilines is 2. The van der Waals surface area contributed by atoms with Crippen molar-refractivity contribution in [3.05, 3.63) is 47.8 Å². The minimum Gasteiger partial charge on any atom is -0.504 e. The Morgan fingerprint density at radius 2 is 2.10 bits per heavy atom. The van der Waals surface area contributed by atoms with Gasteiger partial charge in [0.15, 0.2) is 11.5 Å². The Kier molecular flexibility index (Phi) is 3.74. The molecule has 0 aliphatic rings. The smallest absolute Gasteiger partial charge is 0.259 e. The third-order valence-corrected chi connectivity index (χ3v) is 2.73. The molecule has 0 aromatic heterocycles. The molecule has 20 heavy (non-hydrogen) atoms. The first-order chi connectivity index (χ1) is 9.52. The number of amides is 1. The van der Waals surface area contributed by atoms with Crippen molar-refractivity contribution in [2.75, 3.05) is 18.2 Å². The maximum absolute atomic E-state index is 12.9. The van der Waals surface area contributed by atoms with E-state index in [1.165, 1.54) is 31.4 Å². The zero-order valence-corrected chi connectivity index (χ0v) is 10.7. The van der Waals surface area contributed by atoms with E-state index in [9.17, 15) is 14.3 Å². The number of phenols is 1. The lowest BCUT2D eigenvalue weighted by atomic mass is 10.1. The first-order valence-corrected chi connectivity index (χ1v) is 5.75.